The number of para-hydroxylation sites is 2. The summed E-state index contributed by atoms with van der Waals surface area (Å²) in [4.78, 5) is 31.1. The molecule has 1 aliphatic heterocycles. The monoisotopic (exact) mass is 342 g/mol. The number of benzene rings is 1. The van der Waals surface area contributed by atoms with Gasteiger partial charge in [0.15, 0.2) is 0 Å². The van der Waals surface area contributed by atoms with Crippen LogP contribution in [0.2, 0.25) is 0 Å². The maximum absolute atomic E-state index is 12.4. The molecule has 1 amide bonds. The van der Waals surface area contributed by atoms with E-state index in [0.717, 1.165) is 25.6 Å². The molecule has 1 fully saturated rings. The first-order chi connectivity index (χ1) is 12.0. The zero-order valence-electron chi connectivity index (χ0n) is 14.9. The second-order valence-electron chi connectivity index (χ2n) is 7.15. The highest BCUT2D eigenvalue weighted by atomic mass is 16.2. The molecule has 0 unspecified atom stereocenters. The third-order valence-corrected chi connectivity index (χ3v) is 4.73. The van der Waals surface area contributed by atoms with Gasteiger partial charge >= 0.3 is 0 Å². The van der Waals surface area contributed by atoms with Gasteiger partial charge in [-0.3, -0.25) is 14.2 Å². The van der Waals surface area contributed by atoms with E-state index in [0.29, 0.717) is 11.0 Å². The summed E-state index contributed by atoms with van der Waals surface area (Å²) in [6.45, 7) is 7.35. The minimum absolute atomic E-state index is 0.0165. The lowest BCUT2D eigenvalue weighted by Gasteiger charge is -2.32. The molecule has 25 heavy (non-hydrogen) atoms. The van der Waals surface area contributed by atoms with E-state index in [4.69, 9.17) is 0 Å². The van der Waals surface area contributed by atoms with Gasteiger partial charge in [0.1, 0.15) is 6.54 Å². The lowest BCUT2D eigenvalue weighted by atomic mass is 10.00. The van der Waals surface area contributed by atoms with Gasteiger partial charge < -0.3 is 10.2 Å². The number of amides is 1. The number of rotatable bonds is 5. The first-order valence-corrected chi connectivity index (χ1v) is 8.99. The fraction of sp³-hybridized carbons (Fsp3) is 0.526. The van der Waals surface area contributed by atoms with E-state index in [9.17, 15) is 9.59 Å². The number of piperidine rings is 1. The minimum Gasteiger partial charge on any atom is -0.351 e. The zero-order valence-corrected chi connectivity index (χ0v) is 14.9. The van der Waals surface area contributed by atoms with E-state index in [1.807, 2.05) is 31.2 Å². The van der Waals surface area contributed by atoms with E-state index < -0.39 is 0 Å². The largest absolute Gasteiger partial charge is 0.351 e. The van der Waals surface area contributed by atoms with Crippen molar-refractivity contribution in [3.05, 3.63) is 40.8 Å². The fourth-order valence-electron chi connectivity index (χ4n) is 3.63. The summed E-state index contributed by atoms with van der Waals surface area (Å²) >= 11 is 0. The van der Waals surface area contributed by atoms with Gasteiger partial charge in [-0.15, -0.1) is 0 Å². The molecule has 3 rings (SSSR count). The summed E-state index contributed by atoms with van der Waals surface area (Å²) < 4.78 is 1.48. The Hall–Kier alpha value is -2.21. The summed E-state index contributed by atoms with van der Waals surface area (Å²) in [5.41, 5.74) is 1.14. The van der Waals surface area contributed by atoms with Crippen LogP contribution in [0.3, 0.4) is 0 Å². The Labute approximate surface area is 147 Å². The van der Waals surface area contributed by atoms with E-state index in [1.54, 1.807) is 0 Å². The fourth-order valence-corrected chi connectivity index (χ4v) is 3.63. The number of hydrogen-bond acceptors (Lipinski definition) is 4. The summed E-state index contributed by atoms with van der Waals surface area (Å²) in [5, 5.41) is 3.02. The molecule has 6 nitrogen and oxygen atoms in total. The topological polar surface area (TPSA) is 67.2 Å². The lowest BCUT2D eigenvalue weighted by Crippen LogP contribution is -2.46. The van der Waals surface area contributed by atoms with Gasteiger partial charge in [-0.1, -0.05) is 19.1 Å². The Morgan fingerprint density at radius 3 is 3.00 bits per heavy atom. The maximum Gasteiger partial charge on any atom is 0.269 e. The van der Waals surface area contributed by atoms with Gasteiger partial charge in [-0.25, -0.2) is 4.98 Å². The Morgan fingerprint density at radius 2 is 2.20 bits per heavy atom. The van der Waals surface area contributed by atoms with Crippen molar-refractivity contribution >= 4 is 16.9 Å². The zero-order chi connectivity index (χ0) is 17.8. The van der Waals surface area contributed by atoms with Crippen LogP contribution in [-0.4, -0.2) is 46.0 Å². The Morgan fingerprint density at radius 1 is 1.40 bits per heavy atom. The maximum atomic E-state index is 12.4. The standard InChI is InChI=1S/C19H26N4O2/c1-14-6-5-9-22(11-14)12-15(2)21-18(24)13-23-17-8-4-3-7-16(17)20-10-19(23)25/h3-4,7-8,10,14-15H,5-6,9,11-13H2,1-2H3,(H,21,24)/t14-,15+/m0/s1. The molecule has 134 valence electrons. The van der Waals surface area contributed by atoms with E-state index in [1.165, 1.54) is 23.6 Å². The van der Waals surface area contributed by atoms with Crippen molar-refractivity contribution < 1.29 is 4.79 Å². The average Bonchev–Trinajstić information content (AvgIpc) is 2.57. The van der Waals surface area contributed by atoms with Gasteiger partial charge in [0.2, 0.25) is 5.91 Å². The molecule has 1 aliphatic rings. The number of nitrogens with one attached hydrogen (secondary N) is 1. The number of likely N-dealkylation sites (tertiary alicyclic amines) is 1. The van der Waals surface area contributed by atoms with Crippen molar-refractivity contribution in [3.63, 3.8) is 0 Å². The molecule has 0 aliphatic carbocycles. The van der Waals surface area contributed by atoms with Crippen molar-refractivity contribution in [2.75, 3.05) is 19.6 Å². The molecule has 2 aromatic rings. The summed E-state index contributed by atoms with van der Waals surface area (Å²) in [6, 6.07) is 7.42. The van der Waals surface area contributed by atoms with Crippen LogP contribution in [0.1, 0.15) is 26.7 Å². The normalized spacial score (nSPS) is 19.7. The van der Waals surface area contributed by atoms with Gasteiger partial charge in [-0.05, 0) is 44.4 Å². The molecule has 6 heteroatoms. The summed E-state index contributed by atoms with van der Waals surface area (Å²) in [7, 11) is 0. The van der Waals surface area contributed by atoms with Gasteiger partial charge in [-0.2, -0.15) is 0 Å². The number of carbonyl (C=O) groups is 1. The molecule has 0 spiro atoms. The molecule has 2 heterocycles. The number of fused-ring (bicyclic) bond motifs is 1. The van der Waals surface area contributed by atoms with Crippen molar-refractivity contribution in [2.24, 2.45) is 5.92 Å². The summed E-state index contributed by atoms with van der Waals surface area (Å²) in [6.07, 6.45) is 3.78. The van der Waals surface area contributed by atoms with Crippen molar-refractivity contribution in [1.82, 2.24) is 19.8 Å². The number of hydrogen-bond donors (Lipinski definition) is 1. The van der Waals surface area contributed by atoms with Crippen LogP contribution in [0, 0.1) is 5.92 Å². The van der Waals surface area contributed by atoms with Crippen LogP contribution in [-0.2, 0) is 11.3 Å². The molecule has 1 N–H and O–H groups in total. The highest BCUT2D eigenvalue weighted by Gasteiger charge is 2.19. The van der Waals surface area contributed by atoms with E-state index in [-0.39, 0.29) is 24.1 Å². The molecule has 1 aromatic carbocycles. The van der Waals surface area contributed by atoms with Crippen LogP contribution in [0.5, 0.6) is 0 Å². The second-order valence-corrected chi connectivity index (χ2v) is 7.15. The summed E-state index contributed by atoms with van der Waals surface area (Å²) in [5.74, 6) is 0.578. The number of carbonyl (C=O) groups excluding carboxylic acids is 1. The van der Waals surface area contributed by atoms with Gasteiger partial charge in [0, 0.05) is 19.1 Å². The number of aromatic nitrogens is 2. The molecule has 2 atom stereocenters. The Kier molecular flexibility index (Phi) is 5.48. The van der Waals surface area contributed by atoms with E-state index >= 15 is 0 Å². The second kappa shape index (κ2) is 7.78. The quantitative estimate of drug-likeness (QED) is 0.897. The van der Waals surface area contributed by atoms with Crippen LogP contribution < -0.4 is 10.9 Å². The van der Waals surface area contributed by atoms with Crippen LogP contribution in [0.4, 0.5) is 0 Å². The highest BCUT2D eigenvalue weighted by molar-refractivity contribution is 5.80. The highest BCUT2D eigenvalue weighted by Crippen LogP contribution is 2.15. The first kappa shape index (κ1) is 17.6. The molecular weight excluding hydrogens is 316 g/mol. The van der Waals surface area contributed by atoms with Crippen molar-refractivity contribution in [1.29, 1.82) is 0 Å². The third kappa shape index (κ3) is 4.45. The van der Waals surface area contributed by atoms with Crippen LogP contribution in [0.25, 0.3) is 11.0 Å². The molecular formula is C19H26N4O2. The first-order valence-electron chi connectivity index (χ1n) is 8.99. The van der Waals surface area contributed by atoms with Crippen LogP contribution >= 0.6 is 0 Å². The predicted molar refractivity (Wildman–Crippen MR) is 98.4 cm³/mol. The van der Waals surface area contributed by atoms with Gasteiger partial charge in [0.25, 0.3) is 5.56 Å². The van der Waals surface area contributed by atoms with Gasteiger partial charge in [0.05, 0.1) is 17.2 Å². The molecule has 0 bridgehead atoms. The minimum atomic E-state index is -0.258. The molecule has 0 saturated carbocycles. The Bertz CT molecular complexity index is 801. The number of nitrogens with zero attached hydrogens (tertiary/aromatic N) is 3. The van der Waals surface area contributed by atoms with E-state index in [2.05, 4.69) is 22.1 Å². The average molecular weight is 342 g/mol. The van der Waals surface area contributed by atoms with Crippen LogP contribution in [0.15, 0.2) is 35.3 Å². The Balaban J connectivity index is 1.63. The van der Waals surface area contributed by atoms with Crippen molar-refractivity contribution in [2.45, 2.75) is 39.3 Å². The van der Waals surface area contributed by atoms with Crippen molar-refractivity contribution in [3.8, 4) is 0 Å². The molecule has 1 aromatic heterocycles. The SMILES string of the molecule is C[C@H]1CCCN(C[C@@H](C)NC(=O)Cn2c(=O)cnc3ccccc32)C1. The molecule has 0 radical (unpaired) electrons. The predicted octanol–water partition coefficient (Wildman–Crippen LogP) is 1.63. The third-order valence-electron chi connectivity index (χ3n) is 4.73. The smallest absolute Gasteiger partial charge is 0.269 e. The molecule has 1 saturated heterocycles. The lowest BCUT2D eigenvalue weighted by molar-refractivity contribution is -0.122.